The highest BCUT2D eigenvalue weighted by atomic mass is 32.1. The molecule has 23 heavy (non-hydrogen) atoms. The summed E-state index contributed by atoms with van der Waals surface area (Å²) in [7, 11) is 0. The Bertz CT molecular complexity index is 968. The Hall–Kier alpha value is -2.26. The van der Waals surface area contributed by atoms with Gasteiger partial charge in [-0.15, -0.1) is 21.5 Å². The van der Waals surface area contributed by atoms with Crippen LogP contribution in [0.5, 0.6) is 0 Å². The molecular formula is C14H13N7S2. The van der Waals surface area contributed by atoms with Crippen molar-refractivity contribution in [1.29, 1.82) is 0 Å². The lowest BCUT2D eigenvalue weighted by Gasteiger charge is -2.01. The summed E-state index contributed by atoms with van der Waals surface area (Å²) in [5, 5.41) is 15.0. The topological polar surface area (TPSA) is 81.8 Å². The van der Waals surface area contributed by atoms with Gasteiger partial charge in [-0.2, -0.15) is 9.61 Å². The van der Waals surface area contributed by atoms with Crippen LogP contribution in [0.3, 0.4) is 0 Å². The van der Waals surface area contributed by atoms with E-state index in [9.17, 15) is 0 Å². The number of aromatic nitrogens is 7. The minimum Gasteiger partial charge on any atom is -0.261 e. The minimum absolute atomic E-state index is 0.351. The summed E-state index contributed by atoms with van der Waals surface area (Å²) in [5.41, 5.74) is 1.74. The Morgan fingerprint density at radius 2 is 2.00 bits per heavy atom. The largest absolute Gasteiger partial charge is 0.261 e. The maximum absolute atomic E-state index is 4.69. The monoisotopic (exact) mass is 343 g/mol. The van der Waals surface area contributed by atoms with Crippen LogP contribution >= 0.6 is 22.7 Å². The number of rotatable bonds is 3. The number of thiazole rings is 1. The predicted molar refractivity (Wildman–Crippen MR) is 89.6 cm³/mol. The summed E-state index contributed by atoms with van der Waals surface area (Å²) in [6.07, 6.45) is 4.92. The summed E-state index contributed by atoms with van der Waals surface area (Å²) in [5.74, 6) is 0.951. The van der Waals surface area contributed by atoms with Crippen LogP contribution in [0, 0.1) is 6.92 Å². The van der Waals surface area contributed by atoms with Gasteiger partial charge in [-0.05, 0) is 12.8 Å². The van der Waals surface area contributed by atoms with E-state index in [-0.39, 0.29) is 0 Å². The van der Waals surface area contributed by atoms with Gasteiger partial charge >= 0.3 is 0 Å². The Morgan fingerprint density at radius 3 is 2.74 bits per heavy atom. The third kappa shape index (κ3) is 2.41. The maximum atomic E-state index is 4.69. The molecule has 4 aromatic heterocycles. The molecule has 0 aliphatic rings. The molecule has 0 amide bonds. The Morgan fingerprint density at radius 1 is 1.13 bits per heavy atom. The highest BCUT2D eigenvalue weighted by Gasteiger charge is 2.20. The fourth-order valence-electron chi connectivity index (χ4n) is 2.27. The van der Waals surface area contributed by atoms with E-state index in [0.29, 0.717) is 17.4 Å². The van der Waals surface area contributed by atoms with Crippen LogP contribution in [0.25, 0.3) is 26.4 Å². The van der Waals surface area contributed by atoms with E-state index in [4.69, 9.17) is 0 Å². The molecule has 0 saturated heterocycles. The van der Waals surface area contributed by atoms with Crippen molar-refractivity contribution in [3.05, 3.63) is 29.3 Å². The maximum Gasteiger partial charge on any atom is 0.235 e. The molecule has 0 N–H and O–H groups in total. The van der Waals surface area contributed by atoms with Gasteiger partial charge in [0.25, 0.3) is 0 Å². The standard InChI is InChI=1S/C14H13N7S2/c1-7(2)10-11(22-8(3)17-10)13-20-21-12(18-19-14(21)23-13)9-6-15-4-5-16-9/h4-7H,1-3H3. The van der Waals surface area contributed by atoms with E-state index in [1.165, 1.54) is 11.3 Å². The molecule has 4 rings (SSSR count). The molecule has 4 heterocycles. The SMILES string of the molecule is Cc1nc(C(C)C)c(-c2nn3c(-c4cnccn4)nnc3s2)s1. The van der Waals surface area contributed by atoms with Gasteiger partial charge in [0.2, 0.25) is 10.8 Å². The van der Waals surface area contributed by atoms with Crippen LogP contribution in [0.15, 0.2) is 18.6 Å². The van der Waals surface area contributed by atoms with E-state index < -0.39 is 0 Å². The van der Waals surface area contributed by atoms with E-state index in [1.54, 1.807) is 34.4 Å². The third-order valence-corrected chi connectivity index (χ3v) is 5.32. The van der Waals surface area contributed by atoms with Crippen molar-refractivity contribution >= 4 is 27.6 Å². The lowest BCUT2D eigenvalue weighted by Crippen LogP contribution is -1.94. The molecule has 0 aliphatic heterocycles. The van der Waals surface area contributed by atoms with Crippen molar-refractivity contribution < 1.29 is 0 Å². The van der Waals surface area contributed by atoms with E-state index in [1.807, 2.05) is 6.92 Å². The number of fused-ring (bicyclic) bond motifs is 1. The number of aryl methyl sites for hydroxylation is 1. The number of hydrogen-bond acceptors (Lipinski definition) is 8. The van der Waals surface area contributed by atoms with E-state index >= 15 is 0 Å². The van der Waals surface area contributed by atoms with Gasteiger partial charge in [0, 0.05) is 12.4 Å². The van der Waals surface area contributed by atoms with Crippen molar-refractivity contribution in [1.82, 2.24) is 34.8 Å². The molecule has 7 nitrogen and oxygen atoms in total. The zero-order valence-corrected chi connectivity index (χ0v) is 14.4. The second-order valence-electron chi connectivity index (χ2n) is 5.32. The molecule has 0 radical (unpaired) electrons. The summed E-state index contributed by atoms with van der Waals surface area (Å²) in [4.78, 5) is 14.8. The molecule has 9 heteroatoms. The van der Waals surface area contributed by atoms with Gasteiger partial charge in [-0.3, -0.25) is 4.98 Å². The summed E-state index contributed by atoms with van der Waals surface area (Å²) in [6, 6.07) is 0. The van der Waals surface area contributed by atoms with Crippen LogP contribution in [0.4, 0.5) is 0 Å². The quantitative estimate of drug-likeness (QED) is 0.568. The molecular weight excluding hydrogens is 330 g/mol. The highest BCUT2D eigenvalue weighted by Crippen LogP contribution is 2.37. The molecule has 0 saturated carbocycles. The predicted octanol–water partition coefficient (Wildman–Crippen LogP) is 3.20. The first kappa shape index (κ1) is 14.3. The van der Waals surface area contributed by atoms with Crippen molar-refractivity contribution in [3.63, 3.8) is 0 Å². The van der Waals surface area contributed by atoms with Gasteiger partial charge in [0.15, 0.2) is 5.01 Å². The number of nitrogens with zero attached hydrogens (tertiary/aromatic N) is 7. The first-order chi connectivity index (χ1) is 11.1. The first-order valence-electron chi connectivity index (χ1n) is 7.10. The van der Waals surface area contributed by atoms with Crippen molar-refractivity contribution in [2.24, 2.45) is 0 Å². The number of hydrogen-bond donors (Lipinski definition) is 0. The molecule has 0 aromatic carbocycles. The first-order valence-corrected chi connectivity index (χ1v) is 8.73. The summed E-state index contributed by atoms with van der Waals surface area (Å²) >= 11 is 3.17. The molecule has 0 aliphatic carbocycles. The molecule has 0 spiro atoms. The molecule has 4 aromatic rings. The van der Waals surface area contributed by atoms with E-state index in [2.05, 4.69) is 44.1 Å². The van der Waals surface area contributed by atoms with Gasteiger partial charge in [0.05, 0.1) is 21.8 Å². The third-order valence-electron chi connectivity index (χ3n) is 3.28. The average molecular weight is 343 g/mol. The molecule has 0 fully saturated rings. The normalized spacial score (nSPS) is 11.7. The van der Waals surface area contributed by atoms with Crippen LogP contribution in [0.1, 0.15) is 30.5 Å². The van der Waals surface area contributed by atoms with Gasteiger partial charge in [-0.1, -0.05) is 25.2 Å². The summed E-state index contributed by atoms with van der Waals surface area (Å²) < 4.78 is 1.73. The fourth-order valence-corrected chi connectivity index (χ4v) is 4.26. The van der Waals surface area contributed by atoms with Crippen molar-refractivity contribution in [3.8, 4) is 21.4 Å². The zero-order valence-electron chi connectivity index (χ0n) is 12.8. The zero-order chi connectivity index (χ0) is 16.0. The molecule has 0 unspecified atom stereocenters. The molecule has 0 bridgehead atoms. The average Bonchev–Trinajstić information content (AvgIpc) is 3.20. The van der Waals surface area contributed by atoms with Crippen molar-refractivity contribution in [2.45, 2.75) is 26.7 Å². The lowest BCUT2D eigenvalue weighted by atomic mass is 10.1. The fraction of sp³-hybridized carbons (Fsp3) is 0.286. The second-order valence-corrected chi connectivity index (χ2v) is 7.48. The van der Waals surface area contributed by atoms with E-state index in [0.717, 1.165) is 25.5 Å². The van der Waals surface area contributed by atoms with Crippen LogP contribution < -0.4 is 0 Å². The minimum atomic E-state index is 0.351. The molecule has 0 atom stereocenters. The Labute approximate surface area is 140 Å². The van der Waals surface area contributed by atoms with Crippen LogP contribution in [-0.2, 0) is 0 Å². The van der Waals surface area contributed by atoms with Gasteiger partial charge < -0.3 is 0 Å². The van der Waals surface area contributed by atoms with Gasteiger partial charge in [-0.25, -0.2) is 9.97 Å². The Kier molecular flexibility index (Phi) is 3.38. The van der Waals surface area contributed by atoms with Crippen molar-refractivity contribution in [2.75, 3.05) is 0 Å². The second kappa shape index (κ2) is 5.43. The van der Waals surface area contributed by atoms with Gasteiger partial charge in [0.1, 0.15) is 5.69 Å². The smallest absolute Gasteiger partial charge is 0.235 e. The van der Waals surface area contributed by atoms with Crippen LogP contribution in [0.2, 0.25) is 0 Å². The lowest BCUT2D eigenvalue weighted by molar-refractivity contribution is 0.829. The Balaban J connectivity index is 1.87. The molecule has 116 valence electrons. The summed E-state index contributed by atoms with van der Waals surface area (Å²) in [6.45, 7) is 6.30. The highest BCUT2D eigenvalue weighted by molar-refractivity contribution is 7.24. The van der Waals surface area contributed by atoms with Crippen LogP contribution in [-0.4, -0.2) is 34.8 Å².